The van der Waals surface area contributed by atoms with Gasteiger partial charge in [0.15, 0.2) is 0 Å². The Kier molecular flexibility index (Phi) is 8.13. The number of aromatic nitrogens is 2. The molecule has 2 fully saturated rings. The lowest BCUT2D eigenvalue weighted by molar-refractivity contribution is -0.121. The molecule has 10 nitrogen and oxygen atoms in total. The van der Waals surface area contributed by atoms with Crippen LogP contribution in [0.4, 0.5) is 5.69 Å². The molecule has 1 aromatic heterocycles. The number of anilines is 1. The fourth-order valence-corrected chi connectivity index (χ4v) is 6.81. The number of likely N-dealkylation sites (N-methyl/N-ethyl adjacent to an activating group) is 1. The lowest BCUT2D eigenvalue weighted by Gasteiger charge is -2.32. The van der Waals surface area contributed by atoms with Crippen molar-refractivity contribution in [2.75, 3.05) is 51.6 Å². The van der Waals surface area contributed by atoms with Crippen molar-refractivity contribution in [1.29, 1.82) is 0 Å². The van der Waals surface area contributed by atoms with E-state index in [9.17, 15) is 13.2 Å². The van der Waals surface area contributed by atoms with Gasteiger partial charge >= 0.3 is 0 Å². The van der Waals surface area contributed by atoms with Crippen LogP contribution < -0.4 is 5.32 Å². The van der Waals surface area contributed by atoms with E-state index in [0.717, 1.165) is 24.2 Å². The van der Waals surface area contributed by atoms with Crippen LogP contribution in [-0.2, 0) is 21.4 Å². The number of amides is 1. The van der Waals surface area contributed by atoms with Gasteiger partial charge in [-0.25, -0.2) is 8.42 Å². The number of carbonyl (C=O) groups excluding carboxylic acids is 1. The van der Waals surface area contributed by atoms with Crippen molar-refractivity contribution in [1.82, 2.24) is 24.2 Å². The molecule has 2 saturated heterocycles. The van der Waals surface area contributed by atoms with Gasteiger partial charge in [0.25, 0.3) is 0 Å². The molecule has 11 heteroatoms. The number of rotatable bonds is 7. The lowest BCUT2D eigenvalue weighted by atomic mass is 9.96. The molecule has 0 bridgehead atoms. The maximum Gasteiger partial charge on any atom is 0.243 e. The normalized spacial score (nSPS) is 18.3. The molecule has 0 aliphatic carbocycles. The molecular weight excluding hydrogens is 516 g/mol. The quantitative estimate of drug-likeness (QED) is 0.476. The monoisotopic (exact) mass is 552 g/mol. The van der Waals surface area contributed by atoms with Gasteiger partial charge in [-0.05, 0) is 70.6 Å². The summed E-state index contributed by atoms with van der Waals surface area (Å²) in [5, 5.41) is 7.08. The van der Waals surface area contributed by atoms with Gasteiger partial charge < -0.3 is 14.7 Å². The van der Waals surface area contributed by atoms with E-state index in [2.05, 4.69) is 25.3 Å². The molecule has 2 aliphatic rings. The summed E-state index contributed by atoms with van der Waals surface area (Å²) in [6.45, 7) is 8.15. The number of nitrogens with zero attached hydrogens (tertiary/aromatic N) is 5. The molecule has 0 unspecified atom stereocenters. The second kappa shape index (κ2) is 11.5. The highest BCUT2D eigenvalue weighted by atomic mass is 32.2. The summed E-state index contributed by atoms with van der Waals surface area (Å²) in [7, 11) is -1.64. The van der Waals surface area contributed by atoms with Crippen LogP contribution >= 0.6 is 0 Å². The number of nitrogens with one attached hydrogen (secondary N) is 1. The molecule has 0 saturated carbocycles. The van der Waals surface area contributed by atoms with Crippen molar-refractivity contribution in [3.63, 3.8) is 0 Å². The van der Waals surface area contributed by atoms with Gasteiger partial charge in [-0.2, -0.15) is 9.29 Å². The van der Waals surface area contributed by atoms with E-state index in [1.54, 1.807) is 25.1 Å². The summed E-state index contributed by atoms with van der Waals surface area (Å²) in [4.78, 5) is 22.2. The Bertz CT molecular complexity index is 1420. The van der Waals surface area contributed by atoms with E-state index in [4.69, 9.17) is 4.52 Å². The molecule has 39 heavy (non-hydrogen) atoms. The molecule has 3 heterocycles. The Hall–Kier alpha value is -3.12. The molecule has 2 aromatic carbocycles. The first-order chi connectivity index (χ1) is 18.7. The maximum atomic E-state index is 13.3. The molecular formula is C28H36N6O4S. The van der Waals surface area contributed by atoms with Crippen LogP contribution in [0.3, 0.4) is 0 Å². The van der Waals surface area contributed by atoms with Gasteiger partial charge in [-0.15, -0.1) is 0 Å². The minimum Gasteiger partial charge on any atom is -0.338 e. The molecule has 5 rings (SSSR count). The first-order valence-corrected chi connectivity index (χ1v) is 14.9. The van der Waals surface area contributed by atoms with Crippen LogP contribution in [0.1, 0.15) is 29.9 Å². The minimum atomic E-state index is -3.63. The zero-order valence-electron chi connectivity index (χ0n) is 22.8. The van der Waals surface area contributed by atoms with Crippen LogP contribution in [0.15, 0.2) is 51.9 Å². The SMILES string of the molecule is Cc1cccc(-c2noc(CN3CCC(C(=O)Nc4ccc(C)c(S(=O)(=O)N5CCN(C)CC5)c4)CC3)n2)c1. The zero-order valence-corrected chi connectivity index (χ0v) is 23.6. The van der Waals surface area contributed by atoms with Gasteiger partial charge in [0.05, 0.1) is 11.4 Å². The van der Waals surface area contributed by atoms with Gasteiger partial charge in [-0.1, -0.05) is 35.0 Å². The number of hydrogen-bond acceptors (Lipinski definition) is 8. The van der Waals surface area contributed by atoms with E-state index in [1.807, 2.05) is 38.2 Å². The second-order valence-electron chi connectivity index (χ2n) is 10.6. The molecule has 0 spiro atoms. The third kappa shape index (κ3) is 6.38. The summed E-state index contributed by atoms with van der Waals surface area (Å²) in [6, 6.07) is 13.1. The molecule has 1 N–H and O–H groups in total. The average Bonchev–Trinajstić information content (AvgIpc) is 3.39. The summed E-state index contributed by atoms with van der Waals surface area (Å²) in [6.07, 6.45) is 1.39. The number of benzene rings is 2. The first-order valence-electron chi connectivity index (χ1n) is 13.4. The first kappa shape index (κ1) is 27.4. The Morgan fingerprint density at radius 3 is 2.49 bits per heavy atom. The Labute approximate surface area is 230 Å². The average molecular weight is 553 g/mol. The van der Waals surface area contributed by atoms with Gasteiger partial charge in [0.1, 0.15) is 0 Å². The molecule has 0 radical (unpaired) electrons. The van der Waals surface area contributed by atoms with Crippen molar-refractivity contribution >= 4 is 21.6 Å². The standard InChI is InChI=1S/C28H36N6O4S/c1-20-5-4-6-23(17-20)27-30-26(38-31-27)19-33-11-9-22(10-12-33)28(35)29-24-8-7-21(2)25(18-24)39(36,37)34-15-13-32(3)14-16-34/h4-8,17-18,22H,9-16,19H2,1-3H3,(H,29,35). The van der Waals surface area contributed by atoms with Crippen LogP contribution in [0.2, 0.25) is 0 Å². The van der Waals surface area contributed by atoms with Gasteiger partial charge in [0.2, 0.25) is 27.6 Å². The van der Waals surface area contributed by atoms with Gasteiger partial charge in [-0.3, -0.25) is 9.69 Å². The topological polar surface area (TPSA) is 112 Å². The number of piperazine rings is 1. The highest BCUT2D eigenvalue weighted by Gasteiger charge is 2.30. The molecule has 2 aliphatic heterocycles. The third-order valence-corrected chi connectivity index (χ3v) is 9.64. The van der Waals surface area contributed by atoms with Crippen LogP contribution in [0, 0.1) is 19.8 Å². The number of piperidine rings is 1. The van der Waals surface area contributed by atoms with Crippen LogP contribution in [0.5, 0.6) is 0 Å². The highest BCUT2D eigenvalue weighted by molar-refractivity contribution is 7.89. The number of aryl methyl sites for hydroxylation is 2. The number of likely N-dealkylation sites (tertiary alicyclic amines) is 1. The van der Waals surface area contributed by atoms with E-state index in [1.165, 1.54) is 4.31 Å². The molecule has 3 aromatic rings. The Morgan fingerprint density at radius 1 is 1.03 bits per heavy atom. The lowest BCUT2D eigenvalue weighted by Crippen LogP contribution is -2.47. The smallest absolute Gasteiger partial charge is 0.243 e. The van der Waals surface area contributed by atoms with Crippen LogP contribution in [0.25, 0.3) is 11.4 Å². The summed E-state index contributed by atoms with van der Waals surface area (Å²) in [5.74, 6) is 0.907. The number of hydrogen-bond donors (Lipinski definition) is 1. The second-order valence-corrected chi connectivity index (χ2v) is 12.5. The fraction of sp³-hybridized carbons (Fsp3) is 0.464. The minimum absolute atomic E-state index is 0.0824. The summed E-state index contributed by atoms with van der Waals surface area (Å²) < 4.78 is 33.6. The van der Waals surface area contributed by atoms with E-state index in [0.29, 0.717) is 68.5 Å². The summed E-state index contributed by atoms with van der Waals surface area (Å²) >= 11 is 0. The summed E-state index contributed by atoms with van der Waals surface area (Å²) in [5.41, 5.74) is 3.25. The van der Waals surface area contributed by atoms with E-state index >= 15 is 0 Å². The van der Waals surface area contributed by atoms with Crippen molar-refractivity contribution in [3.05, 3.63) is 59.5 Å². The highest BCUT2D eigenvalue weighted by Crippen LogP contribution is 2.26. The van der Waals surface area contributed by atoms with E-state index < -0.39 is 10.0 Å². The predicted octanol–water partition coefficient (Wildman–Crippen LogP) is 3.14. The van der Waals surface area contributed by atoms with Crippen molar-refractivity contribution in [2.45, 2.75) is 38.1 Å². The Balaban J connectivity index is 1.16. The largest absolute Gasteiger partial charge is 0.338 e. The molecule has 0 atom stereocenters. The number of carbonyl (C=O) groups is 1. The van der Waals surface area contributed by atoms with Crippen molar-refractivity contribution in [2.24, 2.45) is 5.92 Å². The number of sulfonamides is 1. The fourth-order valence-electron chi connectivity index (χ4n) is 5.13. The molecule has 1 amide bonds. The van der Waals surface area contributed by atoms with Crippen molar-refractivity contribution < 1.29 is 17.7 Å². The molecule has 208 valence electrons. The van der Waals surface area contributed by atoms with Crippen LogP contribution in [-0.4, -0.2) is 84.9 Å². The maximum absolute atomic E-state index is 13.3. The Morgan fingerprint density at radius 2 is 1.77 bits per heavy atom. The van der Waals surface area contributed by atoms with Gasteiger partial charge in [0, 0.05) is 43.3 Å². The van der Waals surface area contributed by atoms with E-state index in [-0.39, 0.29) is 16.7 Å². The predicted molar refractivity (Wildman–Crippen MR) is 149 cm³/mol. The third-order valence-electron chi connectivity index (χ3n) is 7.60. The zero-order chi connectivity index (χ0) is 27.6. The van der Waals surface area contributed by atoms with Crippen molar-refractivity contribution in [3.8, 4) is 11.4 Å².